The highest BCUT2D eigenvalue weighted by atomic mass is 16.1. The van der Waals surface area contributed by atoms with Gasteiger partial charge < -0.3 is 0 Å². The van der Waals surface area contributed by atoms with Crippen molar-refractivity contribution < 1.29 is 4.79 Å². The van der Waals surface area contributed by atoms with Crippen LogP contribution in [0.5, 0.6) is 0 Å². The molecule has 92 valence electrons. The van der Waals surface area contributed by atoms with E-state index in [1.54, 1.807) is 0 Å². The fourth-order valence-electron chi connectivity index (χ4n) is 3.02. The Hall–Kier alpha value is -0.590. The van der Waals surface area contributed by atoms with Gasteiger partial charge in [0.1, 0.15) is 6.29 Å². The number of allylic oxidation sites excluding steroid dienone is 2. The Balaban J connectivity index is 2.89. The second-order valence-corrected chi connectivity index (χ2v) is 6.36. The first kappa shape index (κ1) is 13.5. The van der Waals surface area contributed by atoms with Crippen LogP contribution in [-0.2, 0) is 4.79 Å². The Labute approximate surface area is 100 Å². The summed E-state index contributed by atoms with van der Waals surface area (Å²) < 4.78 is 0. The summed E-state index contributed by atoms with van der Waals surface area (Å²) in [7, 11) is 0. The van der Waals surface area contributed by atoms with Gasteiger partial charge in [0.25, 0.3) is 0 Å². The minimum absolute atomic E-state index is 0.329. The largest absolute Gasteiger partial charge is 0.298 e. The summed E-state index contributed by atoms with van der Waals surface area (Å²) in [5, 5.41) is 0. The van der Waals surface area contributed by atoms with Crippen LogP contribution in [0.15, 0.2) is 11.6 Å². The fraction of sp³-hybridized carbons (Fsp3) is 0.800. The average molecular weight is 222 g/mol. The molecule has 16 heavy (non-hydrogen) atoms. The van der Waals surface area contributed by atoms with Gasteiger partial charge in [-0.1, -0.05) is 46.6 Å². The standard InChI is InChI=1S/C15H26O/c1-12(11-16)8-10-15(5)13(2)7-6-9-14(15,3)4/h8,11,13H,6-7,9-10H2,1-5H3/b12-8+. The van der Waals surface area contributed by atoms with Crippen LogP contribution in [0.4, 0.5) is 0 Å². The van der Waals surface area contributed by atoms with E-state index in [1.165, 1.54) is 19.3 Å². The third kappa shape index (κ3) is 2.39. The van der Waals surface area contributed by atoms with Crippen molar-refractivity contribution in [1.29, 1.82) is 0 Å². The van der Waals surface area contributed by atoms with E-state index in [-0.39, 0.29) is 0 Å². The molecule has 1 nitrogen and oxygen atoms in total. The number of carbonyl (C=O) groups excluding carboxylic acids is 1. The average Bonchev–Trinajstić information content (AvgIpc) is 2.22. The van der Waals surface area contributed by atoms with Crippen molar-refractivity contribution >= 4 is 6.29 Å². The lowest BCUT2D eigenvalue weighted by Crippen LogP contribution is -2.43. The fourth-order valence-corrected chi connectivity index (χ4v) is 3.02. The Morgan fingerprint density at radius 1 is 1.38 bits per heavy atom. The van der Waals surface area contributed by atoms with Gasteiger partial charge in [-0.2, -0.15) is 0 Å². The summed E-state index contributed by atoms with van der Waals surface area (Å²) in [5.74, 6) is 0.743. The molecule has 0 aromatic rings. The summed E-state index contributed by atoms with van der Waals surface area (Å²) in [4.78, 5) is 10.7. The van der Waals surface area contributed by atoms with E-state index < -0.39 is 0 Å². The van der Waals surface area contributed by atoms with Crippen LogP contribution in [0.1, 0.15) is 60.3 Å². The second-order valence-electron chi connectivity index (χ2n) is 6.36. The number of carbonyl (C=O) groups is 1. The van der Waals surface area contributed by atoms with Gasteiger partial charge in [0.15, 0.2) is 0 Å². The van der Waals surface area contributed by atoms with Gasteiger partial charge in [0.2, 0.25) is 0 Å². The summed E-state index contributed by atoms with van der Waals surface area (Å²) in [6.07, 6.45) is 8.10. The van der Waals surface area contributed by atoms with Gasteiger partial charge in [-0.25, -0.2) is 0 Å². The van der Waals surface area contributed by atoms with Crippen molar-refractivity contribution in [2.24, 2.45) is 16.7 Å². The first-order chi connectivity index (χ1) is 7.33. The molecule has 0 saturated heterocycles. The highest BCUT2D eigenvalue weighted by molar-refractivity contribution is 5.71. The number of aldehydes is 1. The molecule has 1 aliphatic carbocycles. The molecule has 0 radical (unpaired) electrons. The van der Waals surface area contributed by atoms with Crippen LogP contribution < -0.4 is 0 Å². The van der Waals surface area contributed by atoms with Gasteiger partial charge in [0, 0.05) is 0 Å². The van der Waals surface area contributed by atoms with E-state index >= 15 is 0 Å². The molecule has 0 spiro atoms. The lowest BCUT2D eigenvalue weighted by atomic mass is 9.53. The van der Waals surface area contributed by atoms with E-state index in [4.69, 9.17) is 0 Å². The molecule has 0 aliphatic heterocycles. The van der Waals surface area contributed by atoms with Crippen molar-refractivity contribution in [3.63, 3.8) is 0 Å². The maximum absolute atomic E-state index is 10.7. The van der Waals surface area contributed by atoms with Crippen molar-refractivity contribution in [2.45, 2.75) is 60.3 Å². The molecular formula is C15H26O. The highest BCUT2D eigenvalue weighted by Crippen LogP contribution is 2.55. The number of hydrogen-bond donors (Lipinski definition) is 0. The Kier molecular flexibility index (Phi) is 3.98. The smallest absolute Gasteiger partial charge is 0.145 e. The van der Waals surface area contributed by atoms with Crippen LogP contribution in [0.3, 0.4) is 0 Å². The number of rotatable bonds is 3. The molecule has 2 unspecified atom stereocenters. The SMILES string of the molecule is C/C(C=O)=C\CC1(C)C(C)CCCC1(C)C. The van der Waals surface area contributed by atoms with Gasteiger partial charge >= 0.3 is 0 Å². The molecule has 0 bridgehead atoms. The molecule has 2 atom stereocenters. The van der Waals surface area contributed by atoms with Gasteiger partial charge in [0.05, 0.1) is 0 Å². The second kappa shape index (κ2) is 4.73. The molecular weight excluding hydrogens is 196 g/mol. The van der Waals surface area contributed by atoms with Crippen LogP contribution in [-0.4, -0.2) is 6.29 Å². The maximum Gasteiger partial charge on any atom is 0.145 e. The Morgan fingerprint density at radius 3 is 2.50 bits per heavy atom. The first-order valence-corrected chi connectivity index (χ1v) is 6.45. The minimum atomic E-state index is 0.329. The zero-order valence-electron chi connectivity index (χ0n) is 11.5. The quantitative estimate of drug-likeness (QED) is 0.512. The monoisotopic (exact) mass is 222 g/mol. The molecule has 1 fully saturated rings. The molecule has 1 aliphatic rings. The maximum atomic E-state index is 10.7. The van der Waals surface area contributed by atoms with Gasteiger partial charge in [-0.15, -0.1) is 0 Å². The van der Waals surface area contributed by atoms with Crippen LogP contribution in [0, 0.1) is 16.7 Å². The van der Waals surface area contributed by atoms with Crippen molar-refractivity contribution in [3.05, 3.63) is 11.6 Å². The Bertz CT molecular complexity index is 288. The summed E-state index contributed by atoms with van der Waals surface area (Å²) in [5.41, 5.74) is 1.58. The molecule has 0 aromatic heterocycles. The van der Waals surface area contributed by atoms with Crippen molar-refractivity contribution in [3.8, 4) is 0 Å². The lowest BCUT2D eigenvalue weighted by Gasteiger charge is -2.52. The molecule has 1 saturated carbocycles. The Morgan fingerprint density at radius 2 is 2.00 bits per heavy atom. The number of hydrogen-bond acceptors (Lipinski definition) is 1. The van der Waals surface area contributed by atoms with Gasteiger partial charge in [-0.05, 0) is 42.1 Å². The molecule has 0 aromatic carbocycles. The van der Waals surface area contributed by atoms with Gasteiger partial charge in [-0.3, -0.25) is 4.79 Å². The van der Waals surface area contributed by atoms with E-state index in [2.05, 4.69) is 33.8 Å². The molecule has 0 heterocycles. The first-order valence-electron chi connectivity index (χ1n) is 6.45. The van der Waals surface area contributed by atoms with Crippen molar-refractivity contribution in [1.82, 2.24) is 0 Å². The third-order valence-electron chi connectivity index (χ3n) is 5.11. The van der Waals surface area contributed by atoms with Crippen molar-refractivity contribution in [2.75, 3.05) is 0 Å². The zero-order valence-corrected chi connectivity index (χ0v) is 11.5. The molecule has 1 heteroatoms. The zero-order chi connectivity index (χ0) is 12.4. The molecule has 0 amide bonds. The van der Waals surface area contributed by atoms with E-state index in [1.807, 2.05) is 6.92 Å². The predicted octanol–water partition coefficient (Wildman–Crippen LogP) is 4.37. The third-order valence-corrected chi connectivity index (χ3v) is 5.11. The normalized spacial score (nSPS) is 34.8. The van der Waals surface area contributed by atoms with Crippen LogP contribution in [0.25, 0.3) is 0 Å². The lowest BCUT2D eigenvalue weighted by molar-refractivity contribution is -0.104. The minimum Gasteiger partial charge on any atom is -0.298 e. The molecule has 0 N–H and O–H groups in total. The van der Waals surface area contributed by atoms with E-state index in [0.29, 0.717) is 10.8 Å². The predicted molar refractivity (Wildman–Crippen MR) is 69.3 cm³/mol. The summed E-state index contributed by atoms with van der Waals surface area (Å²) >= 11 is 0. The van der Waals surface area contributed by atoms with Crippen LogP contribution >= 0.6 is 0 Å². The summed E-state index contributed by atoms with van der Waals surface area (Å²) in [6, 6.07) is 0. The topological polar surface area (TPSA) is 17.1 Å². The molecule has 1 rings (SSSR count). The highest BCUT2D eigenvalue weighted by Gasteiger charge is 2.46. The van der Waals surface area contributed by atoms with E-state index in [0.717, 1.165) is 24.2 Å². The summed E-state index contributed by atoms with van der Waals surface area (Å²) in [6.45, 7) is 11.4. The van der Waals surface area contributed by atoms with E-state index in [9.17, 15) is 4.79 Å². The van der Waals surface area contributed by atoms with Crippen LogP contribution in [0.2, 0.25) is 0 Å².